The monoisotopic (exact) mass is 320 g/mol. The molecule has 0 bridgehead atoms. The van der Waals surface area contributed by atoms with Crippen molar-refractivity contribution < 1.29 is 19.5 Å². The molecular formula is C16H26Ru. The van der Waals surface area contributed by atoms with Crippen LogP contribution in [0.15, 0.2) is 48.6 Å². The summed E-state index contributed by atoms with van der Waals surface area (Å²) in [5.74, 6) is 2.43. The van der Waals surface area contributed by atoms with Crippen LogP contribution in [-0.2, 0) is 19.5 Å². The predicted molar refractivity (Wildman–Crippen MR) is 77.1 cm³/mol. The molecule has 0 saturated heterocycles. The molecule has 1 heteroatoms. The fourth-order valence-electron chi connectivity index (χ4n) is 0.729. The van der Waals surface area contributed by atoms with Crippen LogP contribution in [0.4, 0.5) is 0 Å². The molecule has 0 heterocycles. The molecule has 0 atom stereocenters. The van der Waals surface area contributed by atoms with Crippen molar-refractivity contribution >= 4 is 0 Å². The van der Waals surface area contributed by atoms with Gasteiger partial charge in [-0.25, -0.2) is 0 Å². The Morgan fingerprint density at radius 1 is 0.588 bits per heavy atom. The van der Waals surface area contributed by atoms with Gasteiger partial charge in [0.15, 0.2) is 0 Å². The van der Waals surface area contributed by atoms with Crippen LogP contribution in [0.25, 0.3) is 0 Å². The molecule has 0 spiro atoms. The molecule has 0 aliphatic carbocycles. The molecule has 0 radical (unpaired) electrons. The zero-order valence-corrected chi connectivity index (χ0v) is 13.9. The Morgan fingerprint density at radius 2 is 0.706 bits per heavy atom. The van der Waals surface area contributed by atoms with Gasteiger partial charge in [0.05, 0.1) is 0 Å². The maximum atomic E-state index is 3.78. The summed E-state index contributed by atoms with van der Waals surface area (Å²) < 4.78 is 0. The summed E-state index contributed by atoms with van der Waals surface area (Å²) >= 11 is 0. The minimum atomic E-state index is 0. The molecule has 0 unspecified atom stereocenters. The van der Waals surface area contributed by atoms with Gasteiger partial charge in [-0.2, -0.15) is 60.4 Å². The van der Waals surface area contributed by atoms with Crippen molar-refractivity contribution in [1.82, 2.24) is 0 Å². The Balaban J connectivity index is -0.000000218. The SMILES string of the molecule is C=C(C)[C-](C)C(=C)C.C=C(C)[C-](C)C(=C)C.[Ru+2]. The number of allylic oxidation sites excluding steroid dienone is 4. The van der Waals surface area contributed by atoms with E-state index in [1.54, 1.807) is 0 Å². The van der Waals surface area contributed by atoms with E-state index >= 15 is 0 Å². The van der Waals surface area contributed by atoms with Gasteiger partial charge in [-0.1, -0.05) is 41.5 Å². The van der Waals surface area contributed by atoms with E-state index in [2.05, 4.69) is 26.3 Å². The standard InChI is InChI=1S/2C8H13.Ru/c2*1-6(2)8(5)7(3)4;/h2*1,3H2,2,4-5H3;/q2*-1;+2. The predicted octanol–water partition coefficient (Wildman–Crippen LogP) is 5.46. The van der Waals surface area contributed by atoms with E-state index in [0.717, 1.165) is 22.3 Å². The third-order valence-electron chi connectivity index (χ3n) is 2.56. The Kier molecular flexibility index (Phi) is 13.3. The molecule has 0 nitrogen and oxygen atoms in total. The Hall–Kier alpha value is -0.677. The normalized spacial score (nSPS) is 7.88. The second-order valence-electron chi connectivity index (χ2n) is 4.37. The molecule has 0 aromatic carbocycles. The Morgan fingerprint density at radius 3 is 0.706 bits per heavy atom. The number of hydrogen-bond acceptors (Lipinski definition) is 0. The van der Waals surface area contributed by atoms with Crippen LogP contribution in [0.1, 0.15) is 41.5 Å². The average Bonchev–Trinajstić information content (AvgIpc) is 2.15. The number of hydrogen-bond donors (Lipinski definition) is 0. The third kappa shape index (κ3) is 11.6. The first-order valence-corrected chi connectivity index (χ1v) is 5.41. The first-order valence-electron chi connectivity index (χ1n) is 5.41. The van der Waals surface area contributed by atoms with E-state index in [0.29, 0.717) is 0 Å². The average molecular weight is 319 g/mol. The van der Waals surface area contributed by atoms with Crippen molar-refractivity contribution in [1.29, 1.82) is 0 Å². The van der Waals surface area contributed by atoms with E-state index < -0.39 is 0 Å². The molecule has 0 aromatic heterocycles. The minimum Gasteiger partial charge on any atom is -0.191 e. The van der Waals surface area contributed by atoms with Gasteiger partial charge in [-0.15, -0.1) is 0 Å². The van der Waals surface area contributed by atoms with Crippen molar-refractivity contribution in [3.05, 3.63) is 60.4 Å². The molecule has 0 N–H and O–H groups in total. The van der Waals surface area contributed by atoms with E-state index in [1.807, 2.05) is 41.5 Å². The van der Waals surface area contributed by atoms with Crippen LogP contribution < -0.4 is 0 Å². The number of rotatable bonds is 4. The molecule has 0 aliphatic heterocycles. The summed E-state index contributed by atoms with van der Waals surface area (Å²) in [4.78, 5) is 0. The summed E-state index contributed by atoms with van der Waals surface area (Å²) in [7, 11) is 0. The van der Waals surface area contributed by atoms with Crippen LogP contribution in [0.5, 0.6) is 0 Å². The van der Waals surface area contributed by atoms with Gasteiger partial charge in [0, 0.05) is 0 Å². The maximum Gasteiger partial charge on any atom is 2.00 e. The summed E-state index contributed by atoms with van der Waals surface area (Å²) in [5, 5.41) is 0. The summed E-state index contributed by atoms with van der Waals surface area (Å²) in [6.45, 7) is 27.1. The van der Waals surface area contributed by atoms with Crippen LogP contribution in [-0.4, -0.2) is 0 Å². The quantitative estimate of drug-likeness (QED) is 0.476. The van der Waals surface area contributed by atoms with E-state index in [-0.39, 0.29) is 19.5 Å². The molecular weight excluding hydrogens is 293 g/mol. The van der Waals surface area contributed by atoms with Crippen molar-refractivity contribution in [2.24, 2.45) is 0 Å². The molecule has 0 aromatic rings. The topological polar surface area (TPSA) is 0 Å². The van der Waals surface area contributed by atoms with E-state index in [1.165, 1.54) is 11.8 Å². The second-order valence-corrected chi connectivity index (χ2v) is 4.37. The maximum absolute atomic E-state index is 3.78. The van der Waals surface area contributed by atoms with Gasteiger partial charge in [-0.05, 0) is 0 Å². The van der Waals surface area contributed by atoms with Crippen molar-refractivity contribution in [3.8, 4) is 0 Å². The Labute approximate surface area is 121 Å². The van der Waals surface area contributed by atoms with Crippen LogP contribution in [0.3, 0.4) is 0 Å². The first kappa shape index (κ1) is 21.6. The fraction of sp³-hybridized carbons (Fsp3) is 0.375. The van der Waals surface area contributed by atoms with Gasteiger partial charge in [0.1, 0.15) is 0 Å². The van der Waals surface area contributed by atoms with Crippen molar-refractivity contribution in [2.75, 3.05) is 0 Å². The third-order valence-corrected chi connectivity index (χ3v) is 2.56. The van der Waals surface area contributed by atoms with E-state index in [9.17, 15) is 0 Å². The second kappa shape index (κ2) is 10.5. The van der Waals surface area contributed by atoms with Gasteiger partial charge >= 0.3 is 19.5 Å². The Bertz CT molecular complexity index is 226. The van der Waals surface area contributed by atoms with Crippen LogP contribution in [0, 0.1) is 11.8 Å². The molecule has 0 rings (SSSR count). The van der Waals surface area contributed by atoms with Crippen LogP contribution in [0.2, 0.25) is 0 Å². The van der Waals surface area contributed by atoms with Crippen LogP contribution >= 0.6 is 0 Å². The minimum absolute atomic E-state index is 0. The molecule has 98 valence electrons. The van der Waals surface area contributed by atoms with Gasteiger partial charge < -0.3 is 0 Å². The smallest absolute Gasteiger partial charge is 0.191 e. The van der Waals surface area contributed by atoms with Gasteiger partial charge in [0.2, 0.25) is 0 Å². The largest absolute Gasteiger partial charge is 2.00 e. The summed E-state index contributed by atoms with van der Waals surface area (Å²) in [5.41, 5.74) is 4.44. The summed E-state index contributed by atoms with van der Waals surface area (Å²) in [6, 6.07) is 0. The molecule has 17 heavy (non-hydrogen) atoms. The van der Waals surface area contributed by atoms with Gasteiger partial charge in [0.25, 0.3) is 0 Å². The molecule has 0 saturated carbocycles. The van der Waals surface area contributed by atoms with Crippen molar-refractivity contribution in [2.45, 2.75) is 41.5 Å². The van der Waals surface area contributed by atoms with Gasteiger partial charge in [-0.3, -0.25) is 0 Å². The summed E-state index contributed by atoms with van der Waals surface area (Å²) in [6.07, 6.45) is 0. The molecule has 0 fully saturated rings. The van der Waals surface area contributed by atoms with E-state index in [4.69, 9.17) is 0 Å². The van der Waals surface area contributed by atoms with Crippen molar-refractivity contribution in [3.63, 3.8) is 0 Å². The zero-order chi connectivity index (χ0) is 13.5. The zero-order valence-electron chi connectivity index (χ0n) is 12.2. The fourth-order valence-corrected chi connectivity index (χ4v) is 0.729. The molecule has 0 aliphatic rings. The molecule has 0 amide bonds. The first-order chi connectivity index (χ1) is 7.11.